The third-order valence-corrected chi connectivity index (χ3v) is 4.99. The highest BCUT2D eigenvalue weighted by Crippen LogP contribution is 2.19. The number of hydrogen-bond acceptors (Lipinski definition) is 9. The highest BCUT2D eigenvalue weighted by molar-refractivity contribution is 5.82. The van der Waals surface area contributed by atoms with Crippen molar-refractivity contribution in [2.24, 2.45) is 5.10 Å². The van der Waals surface area contributed by atoms with Crippen LogP contribution < -0.4 is 15.2 Å². The summed E-state index contributed by atoms with van der Waals surface area (Å²) < 4.78 is 10.9. The van der Waals surface area contributed by atoms with E-state index >= 15 is 0 Å². The smallest absolute Gasteiger partial charge is 0.250 e. The lowest BCUT2D eigenvalue weighted by atomic mass is 10.1. The molecule has 3 heterocycles. The minimum absolute atomic E-state index is 0.434. The van der Waals surface area contributed by atoms with Crippen LogP contribution in [0.2, 0.25) is 0 Å². The molecule has 4 rings (SSSR count). The molecule has 1 aromatic carbocycles. The molecule has 0 radical (unpaired) electrons. The Morgan fingerprint density at radius 3 is 2.03 bits per heavy atom. The van der Waals surface area contributed by atoms with E-state index in [1.54, 1.807) is 6.21 Å². The fourth-order valence-corrected chi connectivity index (χ4v) is 3.34. The van der Waals surface area contributed by atoms with Crippen molar-refractivity contribution in [1.29, 1.82) is 0 Å². The van der Waals surface area contributed by atoms with Crippen molar-refractivity contribution in [3.8, 4) is 0 Å². The molecule has 2 aromatic rings. The van der Waals surface area contributed by atoms with E-state index in [1.165, 1.54) is 11.1 Å². The van der Waals surface area contributed by atoms with Crippen molar-refractivity contribution in [2.75, 3.05) is 67.8 Å². The molecule has 9 heteroatoms. The second-order valence-electron chi connectivity index (χ2n) is 7.19. The summed E-state index contributed by atoms with van der Waals surface area (Å²) in [4.78, 5) is 18.1. The van der Waals surface area contributed by atoms with Gasteiger partial charge in [-0.25, -0.2) is 5.43 Å². The molecule has 0 saturated carbocycles. The van der Waals surface area contributed by atoms with E-state index in [0.717, 1.165) is 31.7 Å². The summed E-state index contributed by atoms with van der Waals surface area (Å²) >= 11 is 0. The summed E-state index contributed by atoms with van der Waals surface area (Å²) in [6.45, 7) is 9.89. The number of anilines is 3. The van der Waals surface area contributed by atoms with Gasteiger partial charge in [0.15, 0.2) is 0 Å². The summed E-state index contributed by atoms with van der Waals surface area (Å²) in [6, 6.07) is 6.27. The van der Waals surface area contributed by atoms with Gasteiger partial charge < -0.3 is 19.3 Å². The molecule has 0 atom stereocenters. The first-order valence-corrected chi connectivity index (χ1v) is 9.97. The quantitative estimate of drug-likeness (QED) is 0.601. The SMILES string of the molecule is Cc1ccc(C=NNc2nc(N3CCOCC3)nc(N3CCOCC3)n2)c(C)c1. The van der Waals surface area contributed by atoms with Gasteiger partial charge >= 0.3 is 0 Å². The summed E-state index contributed by atoms with van der Waals surface area (Å²) in [5, 5.41) is 4.36. The lowest BCUT2D eigenvalue weighted by Crippen LogP contribution is -2.40. The number of hydrazone groups is 1. The van der Waals surface area contributed by atoms with Crippen LogP contribution in [0.25, 0.3) is 0 Å². The average molecular weight is 397 g/mol. The van der Waals surface area contributed by atoms with Gasteiger partial charge in [-0.1, -0.05) is 23.8 Å². The molecule has 0 amide bonds. The average Bonchev–Trinajstić information content (AvgIpc) is 2.76. The second-order valence-corrected chi connectivity index (χ2v) is 7.19. The Kier molecular flexibility index (Phi) is 6.16. The molecule has 2 aliphatic heterocycles. The third kappa shape index (κ3) is 4.99. The van der Waals surface area contributed by atoms with Gasteiger partial charge in [0.05, 0.1) is 32.6 Å². The van der Waals surface area contributed by atoms with E-state index in [1.807, 2.05) is 0 Å². The highest BCUT2D eigenvalue weighted by atomic mass is 16.5. The molecule has 0 spiro atoms. The van der Waals surface area contributed by atoms with Gasteiger partial charge in [0, 0.05) is 26.2 Å². The zero-order valence-electron chi connectivity index (χ0n) is 17.0. The number of aryl methyl sites for hydroxylation is 2. The van der Waals surface area contributed by atoms with Crippen molar-refractivity contribution in [2.45, 2.75) is 13.8 Å². The molecule has 154 valence electrons. The molecule has 1 aromatic heterocycles. The number of rotatable bonds is 5. The van der Waals surface area contributed by atoms with E-state index in [-0.39, 0.29) is 0 Å². The van der Waals surface area contributed by atoms with Crippen molar-refractivity contribution in [1.82, 2.24) is 15.0 Å². The summed E-state index contributed by atoms with van der Waals surface area (Å²) in [7, 11) is 0. The number of benzene rings is 1. The minimum Gasteiger partial charge on any atom is -0.378 e. The Hall–Kier alpha value is -2.78. The van der Waals surface area contributed by atoms with Crippen molar-refractivity contribution in [3.63, 3.8) is 0 Å². The molecule has 1 N–H and O–H groups in total. The van der Waals surface area contributed by atoms with Gasteiger partial charge in [0.25, 0.3) is 0 Å². The van der Waals surface area contributed by atoms with E-state index in [9.17, 15) is 0 Å². The first kappa shape index (κ1) is 19.5. The minimum atomic E-state index is 0.434. The molecule has 29 heavy (non-hydrogen) atoms. The lowest BCUT2D eigenvalue weighted by Gasteiger charge is -2.30. The van der Waals surface area contributed by atoms with Crippen LogP contribution in [0.5, 0.6) is 0 Å². The van der Waals surface area contributed by atoms with Crippen LogP contribution in [0, 0.1) is 13.8 Å². The predicted octanol–water partition coefficient (Wildman–Crippen LogP) is 1.61. The van der Waals surface area contributed by atoms with Gasteiger partial charge in [-0.15, -0.1) is 0 Å². The fraction of sp³-hybridized carbons (Fsp3) is 0.500. The van der Waals surface area contributed by atoms with Crippen LogP contribution in [0.15, 0.2) is 23.3 Å². The first-order valence-electron chi connectivity index (χ1n) is 9.97. The number of morpholine rings is 2. The zero-order valence-corrected chi connectivity index (χ0v) is 17.0. The predicted molar refractivity (Wildman–Crippen MR) is 113 cm³/mol. The topological polar surface area (TPSA) is 88.0 Å². The molecule has 9 nitrogen and oxygen atoms in total. The van der Waals surface area contributed by atoms with E-state index in [0.29, 0.717) is 44.3 Å². The largest absolute Gasteiger partial charge is 0.378 e. The molecule has 2 aliphatic rings. The maximum absolute atomic E-state index is 5.45. The van der Waals surface area contributed by atoms with Crippen LogP contribution in [0.3, 0.4) is 0 Å². The normalized spacial score (nSPS) is 17.7. The van der Waals surface area contributed by atoms with Gasteiger partial charge in [0.2, 0.25) is 17.8 Å². The maximum Gasteiger partial charge on any atom is 0.250 e. The Labute approximate surface area is 170 Å². The van der Waals surface area contributed by atoms with Gasteiger partial charge in [0.1, 0.15) is 0 Å². The van der Waals surface area contributed by atoms with Gasteiger partial charge in [-0.05, 0) is 25.0 Å². The number of nitrogens with one attached hydrogen (secondary N) is 1. The standard InChI is InChI=1S/C20H27N7O2/c1-15-3-4-17(16(2)13-15)14-21-25-18-22-19(26-5-9-28-10-6-26)24-20(23-18)27-7-11-29-12-8-27/h3-4,13-14H,5-12H2,1-2H3,(H,22,23,24,25). The van der Waals surface area contributed by atoms with E-state index < -0.39 is 0 Å². The highest BCUT2D eigenvalue weighted by Gasteiger charge is 2.20. The number of ether oxygens (including phenoxy) is 2. The Morgan fingerprint density at radius 2 is 1.48 bits per heavy atom. The first-order chi connectivity index (χ1) is 14.2. The van der Waals surface area contributed by atoms with Gasteiger partial charge in [-0.2, -0.15) is 20.1 Å². The zero-order chi connectivity index (χ0) is 20.1. The number of nitrogens with zero attached hydrogens (tertiary/aromatic N) is 6. The summed E-state index contributed by atoms with van der Waals surface area (Å²) in [6.07, 6.45) is 1.79. The summed E-state index contributed by atoms with van der Waals surface area (Å²) in [5.41, 5.74) is 6.45. The Balaban J connectivity index is 1.56. The molecule has 0 aliphatic carbocycles. The Bertz CT molecular complexity index is 826. The molecule has 2 fully saturated rings. The third-order valence-electron chi connectivity index (χ3n) is 4.99. The lowest BCUT2D eigenvalue weighted by molar-refractivity contribution is 0.121. The summed E-state index contributed by atoms with van der Waals surface area (Å²) in [5.74, 6) is 1.73. The van der Waals surface area contributed by atoms with Crippen molar-refractivity contribution >= 4 is 24.1 Å². The molecule has 2 saturated heterocycles. The van der Waals surface area contributed by atoms with E-state index in [2.05, 4.69) is 62.3 Å². The van der Waals surface area contributed by atoms with Crippen molar-refractivity contribution < 1.29 is 9.47 Å². The molecular weight excluding hydrogens is 370 g/mol. The molecule has 0 bridgehead atoms. The maximum atomic E-state index is 5.45. The van der Waals surface area contributed by atoms with Crippen LogP contribution in [-0.4, -0.2) is 73.8 Å². The molecular formula is C20H27N7O2. The van der Waals surface area contributed by atoms with Gasteiger partial charge in [-0.3, -0.25) is 0 Å². The van der Waals surface area contributed by atoms with E-state index in [4.69, 9.17) is 14.5 Å². The van der Waals surface area contributed by atoms with Crippen LogP contribution in [0.1, 0.15) is 16.7 Å². The second kappa shape index (κ2) is 9.15. The Morgan fingerprint density at radius 1 is 0.897 bits per heavy atom. The fourth-order valence-electron chi connectivity index (χ4n) is 3.34. The van der Waals surface area contributed by atoms with Crippen LogP contribution >= 0.6 is 0 Å². The van der Waals surface area contributed by atoms with Crippen LogP contribution in [-0.2, 0) is 9.47 Å². The number of aromatic nitrogens is 3. The number of hydrogen-bond donors (Lipinski definition) is 1. The van der Waals surface area contributed by atoms with Crippen molar-refractivity contribution in [3.05, 3.63) is 34.9 Å². The molecule has 0 unspecified atom stereocenters. The van der Waals surface area contributed by atoms with Crippen LogP contribution in [0.4, 0.5) is 17.8 Å². The monoisotopic (exact) mass is 397 g/mol.